The molecule has 8 N–H and O–H groups in total. The van der Waals surface area contributed by atoms with Crippen LogP contribution in [0.3, 0.4) is 0 Å². The van der Waals surface area contributed by atoms with Gasteiger partial charge in [-0.3, -0.25) is 28.8 Å². The van der Waals surface area contributed by atoms with E-state index in [2.05, 4.69) is 42.5 Å². The van der Waals surface area contributed by atoms with Gasteiger partial charge in [0.1, 0.15) is 35.8 Å². The zero-order valence-corrected chi connectivity index (χ0v) is 43.2. The molecule has 4 aliphatic heterocycles. The Hall–Kier alpha value is -7.20. The minimum atomic E-state index is -1.18. The molecule has 4 saturated heterocycles. The molecule has 6 aliphatic rings. The number of hydrogen-bond acceptors (Lipinski definition) is 10. The minimum Gasteiger partial charge on any atom is -0.351 e. The van der Waals surface area contributed by atoms with Gasteiger partial charge in [0.15, 0.2) is 0 Å². The van der Waals surface area contributed by atoms with Gasteiger partial charge in [0, 0.05) is 60.5 Å². The Labute approximate surface area is 440 Å². The van der Waals surface area contributed by atoms with Crippen molar-refractivity contribution in [2.75, 3.05) is 50.9 Å². The van der Waals surface area contributed by atoms with Crippen LogP contribution < -0.4 is 42.5 Å². The highest BCUT2D eigenvalue weighted by Crippen LogP contribution is 2.44. The van der Waals surface area contributed by atoms with E-state index in [0.717, 1.165) is 0 Å². The van der Waals surface area contributed by atoms with Crippen LogP contribution in [0, 0.1) is 11.6 Å². The third-order valence-electron chi connectivity index (χ3n) is 16.1. The summed E-state index contributed by atoms with van der Waals surface area (Å²) in [4.78, 5) is 117. The van der Waals surface area contributed by atoms with Crippen LogP contribution in [0.5, 0.6) is 0 Å². The number of urea groups is 2. The SMILES string of the molecule is CN[C@@H](C)C(=O)N[C@H]1CN(C(=O)Nc2ccc(NC(=O)N3CC[C@H]4CC[C@@H](C(=O)N[C@H]5C[C@@H]5c5ccccc5F)N4C(=O)[C@@H](NC(=O)[C@H](C)NC)C3)cc2)CC[C@H]2CC[C@@H](C(=O)N[C@H]3C[C@@H]3c3ccccc3F)N2C1=O. The predicted octanol–water partition coefficient (Wildman–Crippen LogP) is 2.69. The second-order valence-corrected chi connectivity index (χ2v) is 21.0. The van der Waals surface area contributed by atoms with Gasteiger partial charge >= 0.3 is 12.1 Å². The molecule has 0 aromatic heterocycles. The summed E-state index contributed by atoms with van der Waals surface area (Å²) < 4.78 is 29.0. The lowest BCUT2D eigenvalue weighted by molar-refractivity contribution is -0.144. The van der Waals surface area contributed by atoms with Crippen LogP contribution in [0.1, 0.15) is 88.2 Å². The van der Waals surface area contributed by atoms with E-state index >= 15 is 0 Å². The van der Waals surface area contributed by atoms with Gasteiger partial charge in [0.25, 0.3) is 0 Å². The van der Waals surface area contributed by atoms with E-state index in [-0.39, 0.29) is 73.5 Å². The molecular weight excluding hydrogens is 983 g/mol. The molecule has 406 valence electrons. The van der Waals surface area contributed by atoms with E-state index < -0.39 is 84.0 Å². The second kappa shape index (κ2) is 23.0. The molecule has 12 atom stereocenters. The largest absolute Gasteiger partial charge is 0.351 e. The molecule has 10 amide bonds. The van der Waals surface area contributed by atoms with Crippen molar-refractivity contribution in [1.29, 1.82) is 0 Å². The number of halogens is 2. The second-order valence-electron chi connectivity index (χ2n) is 21.0. The van der Waals surface area contributed by atoms with E-state index in [1.165, 1.54) is 21.9 Å². The highest BCUT2D eigenvalue weighted by molar-refractivity contribution is 5.97. The van der Waals surface area contributed by atoms with E-state index in [1.54, 1.807) is 98.4 Å². The lowest BCUT2D eigenvalue weighted by Crippen LogP contribution is -2.62. The van der Waals surface area contributed by atoms with Gasteiger partial charge < -0.3 is 62.1 Å². The Morgan fingerprint density at radius 1 is 0.526 bits per heavy atom. The minimum absolute atomic E-state index is 0.165. The average molecular weight is 1050 g/mol. The monoisotopic (exact) mass is 1050 g/mol. The van der Waals surface area contributed by atoms with E-state index in [9.17, 15) is 47.1 Å². The Bertz CT molecular complexity index is 2540. The van der Waals surface area contributed by atoms with Crippen molar-refractivity contribution in [2.45, 2.75) is 137 Å². The van der Waals surface area contributed by atoms with Crippen LogP contribution >= 0.6 is 0 Å². The van der Waals surface area contributed by atoms with Crippen LogP contribution in [0.25, 0.3) is 0 Å². The lowest BCUT2D eigenvalue weighted by atomic mass is 10.1. The molecule has 0 unspecified atom stereocenters. The van der Waals surface area contributed by atoms with Gasteiger partial charge in [-0.25, -0.2) is 18.4 Å². The number of amides is 10. The highest BCUT2D eigenvalue weighted by Gasteiger charge is 2.50. The zero-order chi connectivity index (χ0) is 53.9. The van der Waals surface area contributed by atoms with Crippen molar-refractivity contribution >= 4 is 58.9 Å². The predicted molar refractivity (Wildman–Crippen MR) is 276 cm³/mol. The lowest BCUT2D eigenvalue weighted by Gasteiger charge is -2.39. The molecular formula is C54H68F2N12O8. The molecule has 2 aliphatic carbocycles. The molecule has 2 saturated carbocycles. The fraction of sp³-hybridized carbons (Fsp3) is 0.519. The zero-order valence-electron chi connectivity index (χ0n) is 43.2. The number of fused-ring (bicyclic) bond motifs is 2. The summed E-state index contributed by atoms with van der Waals surface area (Å²) in [6, 6.07) is 11.6. The first kappa shape index (κ1) is 53.6. The number of hydrogen-bond donors (Lipinski definition) is 8. The van der Waals surface area contributed by atoms with Crippen molar-refractivity contribution in [1.82, 2.24) is 51.5 Å². The van der Waals surface area contributed by atoms with Crippen LogP contribution in [0.4, 0.5) is 29.7 Å². The average Bonchev–Trinajstić information content (AvgIpc) is 4.27. The summed E-state index contributed by atoms with van der Waals surface area (Å²) in [6.07, 6.45) is 3.67. The normalized spacial score (nSPS) is 27.8. The standard InChI is InChI=1S/C54H68F2N12O8/c1-29(57-3)47(69)63-43-27-65(23-21-33-17-19-45(67(33)51(43)73)49(71)61-41-25-37(41)35-9-5-7-11-39(35)55)53(75)59-31-13-15-32(16-14-31)60-54(76)66-24-22-34-18-20-46(68(34)52(74)44(28-66)64-48(70)30(2)58-4)50(72)62-42-26-38(42)36-10-6-8-12-40(36)56/h5-16,29-30,33-34,37-38,41-46,57-58H,17-28H2,1-4H3,(H,59,75)(H,60,76)(H,61,71)(H,62,72)(H,63,69)(H,64,70)/t29-,30-,33+,34+,37+,38+,41-,42-,43-,44-,45-,46-/m0/s1. The quantitative estimate of drug-likeness (QED) is 0.117. The number of anilines is 2. The Kier molecular flexibility index (Phi) is 16.2. The maximum Gasteiger partial charge on any atom is 0.321 e. The van der Waals surface area contributed by atoms with Gasteiger partial charge in [-0.1, -0.05) is 36.4 Å². The molecule has 4 heterocycles. The molecule has 3 aromatic rings. The van der Waals surface area contributed by atoms with Crippen molar-refractivity contribution < 1.29 is 47.1 Å². The molecule has 22 heteroatoms. The summed E-state index contributed by atoms with van der Waals surface area (Å²) in [5.74, 6) is -3.56. The number of benzene rings is 3. The molecule has 0 radical (unpaired) electrons. The van der Waals surface area contributed by atoms with Gasteiger partial charge in [-0.05, 0) is 127 Å². The summed E-state index contributed by atoms with van der Waals surface area (Å²) in [5.41, 5.74) is 1.81. The number of carbonyl (C=O) groups excluding carboxylic acids is 8. The first-order valence-corrected chi connectivity index (χ1v) is 26.4. The van der Waals surface area contributed by atoms with E-state index in [4.69, 9.17) is 0 Å². The Morgan fingerprint density at radius 3 is 1.28 bits per heavy atom. The summed E-state index contributed by atoms with van der Waals surface area (Å²) >= 11 is 0. The third-order valence-corrected chi connectivity index (χ3v) is 16.1. The van der Waals surface area contributed by atoms with Crippen molar-refractivity contribution in [3.63, 3.8) is 0 Å². The summed E-state index contributed by atoms with van der Waals surface area (Å²) in [5, 5.41) is 23.1. The van der Waals surface area contributed by atoms with Crippen molar-refractivity contribution in [3.05, 3.63) is 95.6 Å². The fourth-order valence-electron chi connectivity index (χ4n) is 11.3. The molecule has 0 bridgehead atoms. The summed E-state index contributed by atoms with van der Waals surface area (Å²) in [6.45, 7) is 3.31. The molecule has 0 spiro atoms. The van der Waals surface area contributed by atoms with Crippen LogP contribution in [-0.4, -0.2) is 168 Å². The summed E-state index contributed by atoms with van der Waals surface area (Å²) in [7, 11) is 3.22. The van der Waals surface area contributed by atoms with Gasteiger partial charge in [-0.15, -0.1) is 0 Å². The molecule has 6 fully saturated rings. The number of rotatable bonds is 14. The first-order valence-electron chi connectivity index (χ1n) is 26.4. The maximum absolute atomic E-state index is 14.5. The van der Waals surface area contributed by atoms with Crippen LogP contribution in [0.15, 0.2) is 72.8 Å². The number of carbonyl (C=O) groups is 8. The smallest absolute Gasteiger partial charge is 0.321 e. The van der Waals surface area contributed by atoms with Crippen LogP contribution in [-0.2, 0) is 28.8 Å². The Morgan fingerprint density at radius 2 is 0.908 bits per heavy atom. The van der Waals surface area contributed by atoms with E-state index in [0.29, 0.717) is 73.9 Å². The molecule has 9 rings (SSSR count). The van der Waals surface area contributed by atoms with Gasteiger partial charge in [-0.2, -0.15) is 0 Å². The van der Waals surface area contributed by atoms with Crippen LogP contribution in [0.2, 0.25) is 0 Å². The third kappa shape index (κ3) is 11.8. The van der Waals surface area contributed by atoms with E-state index in [1.807, 2.05) is 0 Å². The highest BCUT2D eigenvalue weighted by atomic mass is 19.1. The molecule has 20 nitrogen and oxygen atoms in total. The fourth-order valence-corrected chi connectivity index (χ4v) is 11.3. The number of nitrogens with one attached hydrogen (secondary N) is 8. The maximum atomic E-state index is 14.5. The first-order chi connectivity index (χ1) is 36.5. The number of nitrogens with zero attached hydrogens (tertiary/aromatic N) is 4. The molecule has 76 heavy (non-hydrogen) atoms. The Balaban J connectivity index is 0.823. The number of likely N-dealkylation sites (N-methyl/N-ethyl adjacent to an activating group) is 2. The van der Waals surface area contributed by atoms with Gasteiger partial charge in [0.2, 0.25) is 35.4 Å². The molecule has 3 aromatic carbocycles. The topological polar surface area (TPSA) is 246 Å². The van der Waals surface area contributed by atoms with Crippen molar-refractivity contribution in [3.8, 4) is 0 Å². The van der Waals surface area contributed by atoms with Crippen molar-refractivity contribution in [2.24, 2.45) is 0 Å². The van der Waals surface area contributed by atoms with Gasteiger partial charge in [0.05, 0.1) is 25.2 Å².